The van der Waals surface area contributed by atoms with E-state index in [1.165, 1.54) is 7.05 Å². The van der Waals surface area contributed by atoms with Crippen molar-refractivity contribution in [1.29, 1.82) is 0 Å². The van der Waals surface area contributed by atoms with Gasteiger partial charge in [0, 0.05) is 13.1 Å². The van der Waals surface area contributed by atoms with Crippen LogP contribution in [-0.2, 0) is 16.6 Å². The highest BCUT2D eigenvalue weighted by atomic mass is 127. The van der Waals surface area contributed by atoms with Crippen molar-refractivity contribution in [2.45, 2.75) is 38.6 Å². The monoisotopic (exact) mass is 468 g/mol. The summed E-state index contributed by atoms with van der Waals surface area (Å²) in [5.41, 5.74) is 0.959. The molecule has 0 radical (unpaired) electrons. The van der Waals surface area contributed by atoms with Gasteiger partial charge in [0.15, 0.2) is 5.96 Å². The summed E-state index contributed by atoms with van der Waals surface area (Å²) in [6.45, 7) is 8.57. The summed E-state index contributed by atoms with van der Waals surface area (Å²) in [5, 5.41) is 6.50. The van der Waals surface area contributed by atoms with E-state index in [1.54, 1.807) is 24.3 Å². The lowest BCUT2D eigenvalue weighted by Crippen LogP contribution is -2.38. The van der Waals surface area contributed by atoms with E-state index in [0.29, 0.717) is 12.5 Å². The third-order valence-corrected chi connectivity index (χ3v) is 4.71. The summed E-state index contributed by atoms with van der Waals surface area (Å²) in [6.07, 6.45) is 1.08. The number of hydrogen-bond acceptors (Lipinski definition) is 3. The van der Waals surface area contributed by atoms with Crippen LogP contribution in [0.1, 0.15) is 32.8 Å². The molecule has 0 fully saturated rings. The van der Waals surface area contributed by atoms with Crippen LogP contribution in [0.4, 0.5) is 0 Å². The molecule has 6 nitrogen and oxygen atoms in total. The minimum atomic E-state index is -3.39. The summed E-state index contributed by atoms with van der Waals surface area (Å²) < 4.78 is 25.7. The summed E-state index contributed by atoms with van der Waals surface area (Å²) in [4.78, 5) is 4.78. The molecule has 0 spiro atoms. The minimum absolute atomic E-state index is 0. The van der Waals surface area contributed by atoms with Crippen LogP contribution in [0, 0.1) is 5.92 Å². The molecule has 0 heterocycles. The van der Waals surface area contributed by atoms with Gasteiger partial charge < -0.3 is 10.6 Å². The topological polar surface area (TPSA) is 82.6 Å². The molecule has 24 heavy (non-hydrogen) atoms. The highest BCUT2D eigenvalue weighted by Crippen LogP contribution is 2.10. The van der Waals surface area contributed by atoms with Crippen molar-refractivity contribution in [3.05, 3.63) is 29.8 Å². The first-order chi connectivity index (χ1) is 10.9. The first-order valence-corrected chi connectivity index (χ1v) is 9.42. The maximum atomic E-state index is 11.7. The average Bonchev–Trinajstić information content (AvgIpc) is 2.52. The van der Waals surface area contributed by atoms with Crippen LogP contribution < -0.4 is 15.4 Å². The molecule has 1 rings (SSSR count). The third-order valence-electron chi connectivity index (χ3n) is 3.28. The molecule has 0 aromatic heterocycles. The van der Waals surface area contributed by atoms with Gasteiger partial charge in [-0.2, -0.15) is 0 Å². The van der Waals surface area contributed by atoms with Crippen molar-refractivity contribution in [3.63, 3.8) is 0 Å². The van der Waals surface area contributed by atoms with Gasteiger partial charge in [0.2, 0.25) is 10.0 Å². The predicted molar refractivity (Wildman–Crippen MR) is 110 cm³/mol. The molecule has 1 aromatic carbocycles. The Kier molecular flexibility index (Phi) is 11.2. The number of rotatable bonds is 8. The number of sulfonamides is 1. The fourth-order valence-electron chi connectivity index (χ4n) is 1.88. The lowest BCUT2D eigenvalue weighted by molar-refractivity contribution is 0.573. The number of benzene rings is 1. The molecule has 0 aliphatic heterocycles. The van der Waals surface area contributed by atoms with Gasteiger partial charge in [-0.1, -0.05) is 26.0 Å². The zero-order valence-electron chi connectivity index (χ0n) is 14.8. The van der Waals surface area contributed by atoms with E-state index in [9.17, 15) is 8.42 Å². The van der Waals surface area contributed by atoms with Gasteiger partial charge in [0.05, 0.1) is 11.4 Å². The van der Waals surface area contributed by atoms with Gasteiger partial charge >= 0.3 is 0 Å². The average molecular weight is 468 g/mol. The highest BCUT2D eigenvalue weighted by molar-refractivity contribution is 14.0. The fraction of sp³-hybridized carbons (Fsp3) is 0.562. The Labute approximate surface area is 163 Å². The second kappa shape index (κ2) is 11.6. The normalized spacial score (nSPS) is 12.0. The van der Waals surface area contributed by atoms with Gasteiger partial charge in [0.25, 0.3) is 0 Å². The number of guanidine groups is 1. The van der Waals surface area contributed by atoms with Crippen LogP contribution in [0.5, 0.6) is 0 Å². The predicted octanol–water partition coefficient (Wildman–Crippen LogP) is 2.31. The SMILES string of the molecule is CCNC(=NCc1ccc(S(=O)(=O)NC)cc1)NCCC(C)C.I. The maximum Gasteiger partial charge on any atom is 0.240 e. The van der Waals surface area contributed by atoms with Gasteiger partial charge in [0.1, 0.15) is 0 Å². The largest absolute Gasteiger partial charge is 0.357 e. The molecule has 0 unspecified atom stereocenters. The molecule has 0 saturated carbocycles. The second-order valence-electron chi connectivity index (χ2n) is 5.66. The number of aliphatic imine (C=N–C) groups is 1. The summed E-state index contributed by atoms with van der Waals surface area (Å²) in [7, 11) is -1.98. The Morgan fingerprint density at radius 1 is 1.17 bits per heavy atom. The first kappa shape index (κ1) is 23.1. The molecule has 0 saturated heterocycles. The Balaban J connectivity index is 0.00000529. The summed E-state index contributed by atoms with van der Waals surface area (Å²) in [5.74, 6) is 1.42. The van der Waals surface area contributed by atoms with Crippen molar-refractivity contribution in [3.8, 4) is 0 Å². The Morgan fingerprint density at radius 3 is 2.29 bits per heavy atom. The van der Waals surface area contributed by atoms with E-state index in [1.807, 2.05) is 6.92 Å². The van der Waals surface area contributed by atoms with Gasteiger partial charge in [-0.05, 0) is 44.0 Å². The van der Waals surface area contributed by atoms with E-state index in [-0.39, 0.29) is 28.9 Å². The third kappa shape index (κ3) is 8.29. The highest BCUT2D eigenvalue weighted by Gasteiger charge is 2.10. The smallest absolute Gasteiger partial charge is 0.240 e. The van der Waals surface area contributed by atoms with E-state index in [4.69, 9.17) is 0 Å². The number of halogens is 1. The zero-order valence-corrected chi connectivity index (χ0v) is 17.9. The van der Waals surface area contributed by atoms with Crippen molar-refractivity contribution in [2.75, 3.05) is 20.1 Å². The molecular weight excluding hydrogens is 439 g/mol. The Bertz CT molecular complexity index is 601. The molecule has 1 aromatic rings. The number of nitrogens with zero attached hydrogens (tertiary/aromatic N) is 1. The van der Waals surface area contributed by atoms with E-state index in [2.05, 4.69) is 34.2 Å². The molecule has 0 bridgehead atoms. The van der Waals surface area contributed by atoms with Crippen molar-refractivity contribution in [2.24, 2.45) is 10.9 Å². The van der Waals surface area contributed by atoms with Crippen molar-refractivity contribution in [1.82, 2.24) is 15.4 Å². The molecular formula is C16H29IN4O2S. The van der Waals surface area contributed by atoms with Crippen LogP contribution in [0.3, 0.4) is 0 Å². The number of hydrogen-bond donors (Lipinski definition) is 3. The van der Waals surface area contributed by atoms with Crippen LogP contribution in [-0.4, -0.2) is 34.5 Å². The van der Waals surface area contributed by atoms with Crippen molar-refractivity contribution < 1.29 is 8.42 Å². The summed E-state index contributed by atoms with van der Waals surface area (Å²) >= 11 is 0. The summed E-state index contributed by atoms with van der Waals surface area (Å²) in [6, 6.07) is 6.75. The zero-order chi connectivity index (χ0) is 17.3. The second-order valence-corrected chi connectivity index (χ2v) is 7.54. The Hall–Kier alpha value is -0.870. The molecule has 0 amide bonds. The minimum Gasteiger partial charge on any atom is -0.357 e. The van der Waals surface area contributed by atoms with Crippen LogP contribution >= 0.6 is 24.0 Å². The molecule has 138 valence electrons. The van der Waals surface area contributed by atoms with Crippen LogP contribution in [0.2, 0.25) is 0 Å². The van der Waals surface area contributed by atoms with Gasteiger partial charge in [-0.15, -0.1) is 24.0 Å². The van der Waals surface area contributed by atoms with E-state index >= 15 is 0 Å². The van der Waals surface area contributed by atoms with Gasteiger partial charge in [-0.3, -0.25) is 0 Å². The maximum absolute atomic E-state index is 11.7. The number of nitrogens with one attached hydrogen (secondary N) is 3. The standard InChI is InChI=1S/C16H28N4O2S.HI/c1-5-18-16(19-11-10-13(2)3)20-12-14-6-8-15(9-7-14)23(21,22)17-4;/h6-9,13,17H,5,10-12H2,1-4H3,(H2,18,19,20);1H. The molecule has 8 heteroatoms. The van der Waals surface area contributed by atoms with Gasteiger partial charge in [-0.25, -0.2) is 18.1 Å². The molecule has 0 aliphatic rings. The van der Waals surface area contributed by atoms with Crippen LogP contribution in [0.15, 0.2) is 34.2 Å². The molecule has 0 aliphatic carbocycles. The first-order valence-electron chi connectivity index (χ1n) is 7.93. The van der Waals surface area contributed by atoms with E-state index in [0.717, 1.165) is 31.0 Å². The fourth-order valence-corrected chi connectivity index (χ4v) is 2.61. The van der Waals surface area contributed by atoms with Crippen molar-refractivity contribution >= 4 is 40.0 Å². The molecule has 3 N–H and O–H groups in total. The van der Waals surface area contributed by atoms with E-state index < -0.39 is 10.0 Å². The quantitative estimate of drug-likeness (QED) is 0.311. The lowest BCUT2D eigenvalue weighted by atomic mass is 10.1. The Morgan fingerprint density at radius 2 is 1.79 bits per heavy atom. The van der Waals surface area contributed by atoms with Crippen LogP contribution in [0.25, 0.3) is 0 Å². The molecule has 0 atom stereocenters. The lowest BCUT2D eigenvalue weighted by Gasteiger charge is -2.12.